The molecule has 0 radical (unpaired) electrons. The molecule has 0 bridgehead atoms. The summed E-state index contributed by atoms with van der Waals surface area (Å²) >= 11 is 5.83. The van der Waals surface area contributed by atoms with Crippen LogP contribution in [0.3, 0.4) is 0 Å². The SMILES string of the molecule is CCCC(CCO)CNCc1ccc(Cl)cc1. The van der Waals surface area contributed by atoms with Crippen molar-refractivity contribution >= 4 is 11.6 Å². The zero-order valence-corrected chi connectivity index (χ0v) is 11.2. The van der Waals surface area contributed by atoms with E-state index in [9.17, 15) is 0 Å². The fourth-order valence-electron chi connectivity index (χ4n) is 1.96. The standard InChI is InChI=1S/C14H22ClNO/c1-2-3-12(8-9-17)10-16-11-13-4-6-14(15)7-5-13/h4-7,12,16-17H,2-3,8-11H2,1H3. The van der Waals surface area contributed by atoms with Gasteiger partial charge in [0.2, 0.25) is 0 Å². The summed E-state index contributed by atoms with van der Waals surface area (Å²) in [5, 5.41) is 13.2. The molecule has 0 saturated carbocycles. The molecular formula is C14H22ClNO. The van der Waals surface area contributed by atoms with E-state index in [1.54, 1.807) is 0 Å². The van der Waals surface area contributed by atoms with Crippen LogP contribution in [0.15, 0.2) is 24.3 Å². The van der Waals surface area contributed by atoms with Crippen molar-refractivity contribution < 1.29 is 5.11 Å². The quantitative estimate of drug-likeness (QED) is 0.748. The summed E-state index contributed by atoms with van der Waals surface area (Å²) in [4.78, 5) is 0. The number of nitrogens with one attached hydrogen (secondary N) is 1. The molecule has 96 valence electrons. The highest BCUT2D eigenvalue weighted by molar-refractivity contribution is 6.30. The monoisotopic (exact) mass is 255 g/mol. The van der Waals surface area contributed by atoms with Crippen molar-refractivity contribution in [2.75, 3.05) is 13.2 Å². The minimum Gasteiger partial charge on any atom is -0.396 e. The second-order valence-electron chi connectivity index (χ2n) is 4.42. The molecule has 1 rings (SSSR count). The maximum atomic E-state index is 8.97. The largest absolute Gasteiger partial charge is 0.396 e. The van der Waals surface area contributed by atoms with Gasteiger partial charge in [-0.25, -0.2) is 0 Å². The van der Waals surface area contributed by atoms with E-state index in [-0.39, 0.29) is 6.61 Å². The van der Waals surface area contributed by atoms with Gasteiger partial charge in [0.25, 0.3) is 0 Å². The van der Waals surface area contributed by atoms with Gasteiger partial charge in [0, 0.05) is 18.2 Å². The Morgan fingerprint density at radius 1 is 1.24 bits per heavy atom. The molecule has 0 spiro atoms. The van der Waals surface area contributed by atoms with Gasteiger partial charge in [0.1, 0.15) is 0 Å². The Morgan fingerprint density at radius 2 is 1.94 bits per heavy atom. The van der Waals surface area contributed by atoms with Crippen molar-refractivity contribution in [2.45, 2.75) is 32.7 Å². The predicted octanol–water partition coefficient (Wildman–Crippen LogP) is 3.23. The van der Waals surface area contributed by atoms with Crippen LogP contribution >= 0.6 is 11.6 Å². The molecule has 0 amide bonds. The van der Waals surface area contributed by atoms with E-state index in [1.165, 1.54) is 18.4 Å². The average Bonchev–Trinajstić information content (AvgIpc) is 2.32. The van der Waals surface area contributed by atoms with Gasteiger partial charge in [-0.3, -0.25) is 0 Å². The van der Waals surface area contributed by atoms with E-state index < -0.39 is 0 Å². The van der Waals surface area contributed by atoms with Gasteiger partial charge in [-0.15, -0.1) is 0 Å². The molecule has 1 aromatic rings. The molecule has 1 atom stereocenters. The van der Waals surface area contributed by atoms with Gasteiger partial charge >= 0.3 is 0 Å². The third kappa shape index (κ3) is 6.06. The third-order valence-corrected chi connectivity index (χ3v) is 3.16. The average molecular weight is 256 g/mol. The second-order valence-corrected chi connectivity index (χ2v) is 4.86. The highest BCUT2D eigenvalue weighted by Crippen LogP contribution is 2.11. The van der Waals surface area contributed by atoms with E-state index in [0.717, 1.165) is 24.5 Å². The minimum atomic E-state index is 0.285. The highest BCUT2D eigenvalue weighted by atomic mass is 35.5. The van der Waals surface area contributed by atoms with E-state index in [4.69, 9.17) is 16.7 Å². The van der Waals surface area contributed by atoms with E-state index in [0.29, 0.717) is 5.92 Å². The van der Waals surface area contributed by atoms with Gasteiger partial charge in [-0.05, 0) is 43.0 Å². The van der Waals surface area contributed by atoms with E-state index in [1.807, 2.05) is 24.3 Å². The van der Waals surface area contributed by atoms with Gasteiger partial charge in [0.05, 0.1) is 0 Å². The fraction of sp³-hybridized carbons (Fsp3) is 0.571. The lowest BCUT2D eigenvalue weighted by atomic mass is 10.0. The maximum absolute atomic E-state index is 8.97. The Balaban J connectivity index is 2.27. The number of aliphatic hydroxyl groups excluding tert-OH is 1. The van der Waals surface area contributed by atoms with Crippen molar-refractivity contribution in [1.82, 2.24) is 5.32 Å². The molecule has 1 aromatic carbocycles. The van der Waals surface area contributed by atoms with E-state index >= 15 is 0 Å². The summed E-state index contributed by atoms with van der Waals surface area (Å²) in [7, 11) is 0. The molecule has 0 aliphatic heterocycles. The Bertz CT molecular complexity index is 294. The molecule has 0 aliphatic rings. The Kier molecular flexibility index (Phi) is 7.25. The van der Waals surface area contributed by atoms with Gasteiger partial charge in [-0.1, -0.05) is 37.1 Å². The number of aliphatic hydroxyl groups is 1. The van der Waals surface area contributed by atoms with E-state index in [2.05, 4.69) is 12.2 Å². The summed E-state index contributed by atoms with van der Waals surface area (Å²) < 4.78 is 0. The summed E-state index contributed by atoms with van der Waals surface area (Å²) in [5.74, 6) is 0.581. The number of halogens is 1. The first-order valence-electron chi connectivity index (χ1n) is 6.32. The molecule has 3 heteroatoms. The number of rotatable bonds is 8. The number of hydrogen-bond donors (Lipinski definition) is 2. The molecule has 0 aliphatic carbocycles. The minimum absolute atomic E-state index is 0.285. The molecule has 1 unspecified atom stereocenters. The third-order valence-electron chi connectivity index (χ3n) is 2.91. The van der Waals surface area contributed by atoms with Crippen LogP contribution in [0.1, 0.15) is 31.7 Å². The fourth-order valence-corrected chi connectivity index (χ4v) is 2.09. The first-order valence-corrected chi connectivity index (χ1v) is 6.70. The lowest BCUT2D eigenvalue weighted by Gasteiger charge is -2.15. The Labute approximate surface area is 109 Å². The first-order chi connectivity index (χ1) is 8.26. The van der Waals surface area contributed by atoms with Crippen molar-refractivity contribution in [1.29, 1.82) is 0 Å². The molecule has 0 heterocycles. The topological polar surface area (TPSA) is 32.3 Å². The zero-order valence-electron chi connectivity index (χ0n) is 10.5. The summed E-state index contributed by atoms with van der Waals surface area (Å²) in [6, 6.07) is 7.90. The summed E-state index contributed by atoms with van der Waals surface area (Å²) in [6.45, 7) is 4.30. The second kappa shape index (κ2) is 8.51. The van der Waals surface area contributed by atoms with Crippen LogP contribution in [0.5, 0.6) is 0 Å². The molecular weight excluding hydrogens is 234 g/mol. The lowest BCUT2D eigenvalue weighted by Crippen LogP contribution is -2.23. The molecule has 17 heavy (non-hydrogen) atoms. The maximum Gasteiger partial charge on any atom is 0.0434 e. The Hall–Kier alpha value is -0.570. The normalized spacial score (nSPS) is 12.6. The van der Waals surface area contributed by atoms with Crippen LogP contribution < -0.4 is 5.32 Å². The van der Waals surface area contributed by atoms with Crippen LogP contribution in [0.4, 0.5) is 0 Å². The smallest absolute Gasteiger partial charge is 0.0434 e. The van der Waals surface area contributed by atoms with Crippen molar-refractivity contribution in [2.24, 2.45) is 5.92 Å². The number of hydrogen-bond acceptors (Lipinski definition) is 2. The van der Waals surface area contributed by atoms with Crippen molar-refractivity contribution in [3.63, 3.8) is 0 Å². The van der Waals surface area contributed by atoms with Crippen molar-refractivity contribution in [3.05, 3.63) is 34.9 Å². The van der Waals surface area contributed by atoms with Gasteiger partial charge < -0.3 is 10.4 Å². The van der Waals surface area contributed by atoms with Crippen LogP contribution in [0.25, 0.3) is 0 Å². The van der Waals surface area contributed by atoms with Gasteiger partial charge in [0.15, 0.2) is 0 Å². The van der Waals surface area contributed by atoms with Crippen LogP contribution in [0.2, 0.25) is 5.02 Å². The van der Waals surface area contributed by atoms with Crippen LogP contribution in [-0.4, -0.2) is 18.3 Å². The predicted molar refractivity (Wildman–Crippen MR) is 73.3 cm³/mol. The molecule has 2 nitrogen and oxygen atoms in total. The molecule has 2 N–H and O–H groups in total. The molecule has 0 fully saturated rings. The summed E-state index contributed by atoms with van der Waals surface area (Å²) in [5.41, 5.74) is 1.24. The Morgan fingerprint density at radius 3 is 2.53 bits per heavy atom. The summed E-state index contributed by atoms with van der Waals surface area (Å²) in [6.07, 6.45) is 3.24. The highest BCUT2D eigenvalue weighted by Gasteiger charge is 2.06. The lowest BCUT2D eigenvalue weighted by molar-refractivity contribution is 0.248. The van der Waals surface area contributed by atoms with Crippen LogP contribution in [0, 0.1) is 5.92 Å². The molecule has 0 saturated heterocycles. The van der Waals surface area contributed by atoms with Crippen molar-refractivity contribution in [3.8, 4) is 0 Å². The van der Waals surface area contributed by atoms with Gasteiger partial charge in [-0.2, -0.15) is 0 Å². The zero-order chi connectivity index (χ0) is 12.5. The van der Waals surface area contributed by atoms with Crippen LogP contribution in [-0.2, 0) is 6.54 Å². The molecule has 0 aromatic heterocycles. The number of benzene rings is 1. The first kappa shape index (κ1) is 14.5.